The number of aromatic nitrogens is 7. The van der Waals surface area contributed by atoms with Crippen molar-refractivity contribution < 1.29 is 18.9 Å². The molecule has 258 valence electrons. The number of hydrogen-bond acceptors (Lipinski definition) is 12. The Morgan fingerprint density at radius 2 is 1.73 bits per heavy atom. The van der Waals surface area contributed by atoms with Crippen LogP contribution in [0.1, 0.15) is 57.1 Å². The maximum Gasteiger partial charge on any atom is 0.256 e. The second-order valence-electron chi connectivity index (χ2n) is 13.1. The molecule has 1 saturated carbocycles. The molecule has 14 heteroatoms. The zero-order valence-corrected chi connectivity index (χ0v) is 28.0. The van der Waals surface area contributed by atoms with E-state index in [2.05, 4.69) is 41.0 Å². The fraction of sp³-hybridized carbons (Fsp3) is 0.543. The molecule has 3 fully saturated rings. The van der Waals surface area contributed by atoms with E-state index in [0.29, 0.717) is 54.3 Å². The topological polar surface area (TPSA) is 150 Å². The summed E-state index contributed by atoms with van der Waals surface area (Å²) in [5.41, 5.74) is 2.85. The minimum absolute atomic E-state index is 0.226. The molecule has 1 aliphatic carbocycles. The van der Waals surface area contributed by atoms with Crippen molar-refractivity contribution in [1.29, 1.82) is 5.26 Å². The number of hydrogen-bond donors (Lipinski definition) is 1. The smallest absolute Gasteiger partial charge is 0.256 e. The van der Waals surface area contributed by atoms with Gasteiger partial charge >= 0.3 is 0 Å². The molecule has 2 saturated heterocycles. The van der Waals surface area contributed by atoms with Gasteiger partial charge in [0, 0.05) is 50.3 Å². The number of rotatable bonds is 12. The maximum absolute atomic E-state index is 9.69. The lowest BCUT2D eigenvalue weighted by molar-refractivity contribution is 0.00501. The molecule has 1 atom stereocenters. The van der Waals surface area contributed by atoms with Gasteiger partial charge in [-0.2, -0.15) is 10.4 Å². The van der Waals surface area contributed by atoms with Crippen LogP contribution in [0.2, 0.25) is 0 Å². The molecule has 0 amide bonds. The van der Waals surface area contributed by atoms with Crippen molar-refractivity contribution >= 4 is 11.6 Å². The van der Waals surface area contributed by atoms with Crippen LogP contribution < -0.4 is 14.8 Å². The van der Waals surface area contributed by atoms with Gasteiger partial charge in [0.25, 0.3) is 5.88 Å². The Morgan fingerprint density at radius 3 is 2.47 bits per heavy atom. The van der Waals surface area contributed by atoms with Crippen LogP contribution in [0.15, 0.2) is 49.4 Å². The minimum atomic E-state index is -0.226. The minimum Gasteiger partial charge on any atom is -0.487 e. The number of morpholine rings is 1. The summed E-state index contributed by atoms with van der Waals surface area (Å²) in [6.45, 7) is 8.29. The van der Waals surface area contributed by atoms with Crippen molar-refractivity contribution in [3.63, 3.8) is 0 Å². The second-order valence-corrected chi connectivity index (χ2v) is 13.1. The van der Waals surface area contributed by atoms with E-state index in [-0.39, 0.29) is 6.10 Å². The number of anilines is 2. The number of nitriles is 1. The second kappa shape index (κ2) is 15.8. The molecule has 4 aromatic rings. The van der Waals surface area contributed by atoms with Crippen molar-refractivity contribution in [2.24, 2.45) is 5.92 Å². The third kappa shape index (κ3) is 8.36. The highest BCUT2D eigenvalue weighted by Gasteiger charge is 2.29. The average Bonchev–Trinajstić information content (AvgIpc) is 3.82. The quantitative estimate of drug-likeness (QED) is 0.224. The fourth-order valence-corrected chi connectivity index (χ4v) is 6.89. The third-order valence-electron chi connectivity index (χ3n) is 9.67. The summed E-state index contributed by atoms with van der Waals surface area (Å²) in [6, 6.07) is 8.63. The van der Waals surface area contributed by atoms with E-state index >= 15 is 0 Å². The van der Waals surface area contributed by atoms with E-state index in [1.54, 1.807) is 29.5 Å². The van der Waals surface area contributed by atoms with E-state index in [0.717, 1.165) is 94.9 Å². The third-order valence-corrected chi connectivity index (χ3v) is 9.67. The van der Waals surface area contributed by atoms with E-state index in [1.807, 2.05) is 25.3 Å². The Hall–Kier alpha value is -4.58. The molecular weight excluding hydrogens is 624 g/mol. The Bertz CT molecular complexity index is 1670. The molecule has 3 aromatic heterocycles. The summed E-state index contributed by atoms with van der Waals surface area (Å²) in [7, 11) is 0. The van der Waals surface area contributed by atoms with E-state index in [9.17, 15) is 5.26 Å². The van der Waals surface area contributed by atoms with Gasteiger partial charge in [-0.15, -0.1) is 5.10 Å². The highest BCUT2D eigenvalue weighted by Crippen LogP contribution is 2.35. The summed E-state index contributed by atoms with van der Waals surface area (Å²) in [5.74, 6) is 1.95. The molecule has 2 aliphatic heterocycles. The van der Waals surface area contributed by atoms with Crippen LogP contribution in [0.5, 0.6) is 11.6 Å². The van der Waals surface area contributed by atoms with Crippen LogP contribution in [-0.4, -0.2) is 97.7 Å². The monoisotopic (exact) mass is 668 g/mol. The summed E-state index contributed by atoms with van der Waals surface area (Å²) in [4.78, 5) is 15.8. The van der Waals surface area contributed by atoms with Crippen LogP contribution in [0, 0.1) is 17.2 Å². The zero-order chi connectivity index (χ0) is 33.4. The van der Waals surface area contributed by atoms with Crippen molar-refractivity contribution in [2.75, 3.05) is 51.4 Å². The number of nitrogens with zero attached hydrogens (tertiary/aromatic N) is 9. The molecule has 1 N–H and O–H groups in total. The molecule has 0 bridgehead atoms. The molecule has 5 heterocycles. The molecule has 7 rings (SSSR count). The number of nitrogens with one attached hydrogen (secondary N) is 1. The highest BCUT2D eigenvalue weighted by atomic mass is 16.5. The van der Waals surface area contributed by atoms with Gasteiger partial charge in [0.2, 0.25) is 5.95 Å². The SMILES string of the molecule is C[C@@H](Cn1cncn1)Oc1cc(-c2cnc(Nc3cn(C4CCC(N5CCOCC5)CC4)nc3OCC3CCOCC3)nc2)ccc1C#N. The van der Waals surface area contributed by atoms with Gasteiger partial charge in [0.05, 0.1) is 44.2 Å². The molecule has 3 aliphatic rings. The lowest BCUT2D eigenvalue weighted by Gasteiger charge is -2.38. The Kier molecular flexibility index (Phi) is 10.6. The molecule has 1 aromatic carbocycles. The summed E-state index contributed by atoms with van der Waals surface area (Å²) in [5, 5.41) is 22.2. The van der Waals surface area contributed by atoms with E-state index < -0.39 is 0 Å². The largest absolute Gasteiger partial charge is 0.487 e. The Morgan fingerprint density at radius 1 is 0.980 bits per heavy atom. The first kappa shape index (κ1) is 32.9. The Balaban J connectivity index is 1.04. The van der Waals surface area contributed by atoms with Crippen molar-refractivity contribution in [3.8, 4) is 28.8 Å². The lowest BCUT2D eigenvalue weighted by Crippen LogP contribution is -2.45. The van der Waals surface area contributed by atoms with Crippen molar-refractivity contribution in [3.05, 3.63) is 55.0 Å². The predicted octanol–water partition coefficient (Wildman–Crippen LogP) is 4.64. The average molecular weight is 669 g/mol. The number of ether oxygens (including phenoxy) is 4. The van der Waals surface area contributed by atoms with Crippen molar-refractivity contribution in [1.82, 2.24) is 39.4 Å². The van der Waals surface area contributed by atoms with Crippen LogP contribution in [0.3, 0.4) is 0 Å². The molecule has 0 radical (unpaired) electrons. The van der Waals surface area contributed by atoms with E-state index in [4.69, 9.17) is 24.0 Å². The standard InChI is InChI=1S/C35H44N10O4/c1-25(20-44-24-37-23-40-44)49-33-16-27(2-3-28(33)17-36)29-18-38-35(39-19-29)41-32-21-45(42-34(32)48-22-26-8-12-46-13-9-26)31-6-4-30(5-7-31)43-10-14-47-15-11-43/h2-3,16,18-19,21,23-26,30-31H,4-15,20,22H2,1H3,(H,38,39,41)/t25-,30?,31?/m0/s1. The van der Waals surface area contributed by atoms with Gasteiger partial charge < -0.3 is 24.3 Å². The summed E-state index contributed by atoms with van der Waals surface area (Å²) >= 11 is 0. The van der Waals surface area contributed by atoms with Gasteiger partial charge in [0.1, 0.15) is 36.3 Å². The first-order valence-electron chi connectivity index (χ1n) is 17.4. The van der Waals surface area contributed by atoms with Gasteiger partial charge in [-0.1, -0.05) is 6.07 Å². The van der Waals surface area contributed by atoms with Gasteiger partial charge in [0.15, 0.2) is 0 Å². The zero-order valence-electron chi connectivity index (χ0n) is 28.0. The van der Waals surface area contributed by atoms with Crippen LogP contribution in [-0.2, 0) is 16.0 Å². The first-order valence-corrected chi connectivity index (χ1v) is 17.4. The van der Waals surface area contributed by atoms with E-state index in [1.165, 1.54) is 6.33 Å². The molecule has 49 heavy (non-hydrogen) atoms. The van der Waals surface area contributed by atoms with Gasteiger partial charge in [-0.25, -0.2) is 19.6 Å². The molecule has 14 nitrogen and oxygen atoms in total. The normalized spacial score (nSPS) is 21.1. The van der Waals surface area contributed by atoms with Gasteiger partial charge in [-0.05, 0) is 69.1 Å². The first-order chi connectivity index (χ1) is 24.1. The van der Waals surface area contributed by atoms with Crippen molar-refractivity contribution in [2.45, 2.75) is 70.2 Å². The molecule has 0 spiro atoms. The van der Waals surface area contributed by atoms with Crippen LogP contribution in [0.25, 0.3) is 11.1 Å². The predicted molar refractivity (Wildman–Crippen MR) is 181 cm³/mol. The Labute approximate surface area is 286 Å². The summed E-state index contributed by atoms with van der Waals surface area (Å²) in [6.07, 6.45) is 14.9. The summed E-state index contributed by atoms with van der Waals surface area (Å²) < 4.78 is 27.4. The van der Waals surface area contributed by atoms with Gasteiger partial charge in [-0.3, -0.25) is 9.58 Å². The number of benzene rings is 1. The lowest BCUT2D eigenvalue weighted by atomic mass is 9.90. The highest BCUT2D eigenvalue weighted by molar-refractivity contribution is 5.67. The maximum atomic E-state index is 9.69. The molecular formula is C35H44N10O4. The van der Waals surface area contributed by atoms with Crippen LogP contribution in [0.4, 0.5) is 11.6 Å². The van der Waals surface area contributed by atoms with Crippen LogP contribution >= 0.6 is 0 Å². The molecule has 0 unspecified atom stereocenters. The fourth-order valence-electron chi connectivity index (χ4n) is 6.89.